The minimum Gasteiger partial charge on any atom is -0.451 e. The van der Waals surface area contributed by atoms with Crippen molar-refractivity contribution >= 4 is 17.2 Å². The molecule has 1 aliphatic heterocycles. The molecule has 1 saturated carbocycles. The summed E-state index contributed by atoms with van der Waals surface area (Å²) in [4.78, 5) is 21.1. The van der Waals surface area contributed by atoms with Gasteiger partial charge in [-0.15, -0.1) is 11.3 Å². The number of amides is 1. The largest absolute Gasteiger partial charge is 0.451 e. The number of aromatic nitrogens is 3. The Hall–Kier alpha value is -2.41. The van der Waals surface area contributed by atoms with Gasteiger partial charge in [0.15, 0.2) is 6.39 Å². The maximum atomic E-state index is 12.9. The summed E-state index contributed by atoms with van der Waals surface area (Å²) in [6, 6.07) is 3.93. The highest BCUT2D eigenvalue weighted by molar-refractivity contribution is 7.13. The molecule has 26 heavy (non-hydrogen) atoms. The van der Waals surface area contributed by atoms with Crippen molar-refractivity contribution in [1.82, 2.24) is 19.7 Å². The molecule has 134 valence electrons. The van der Waals surface area contributed by atoms with Crippen LogP contribution in [0.5, 0.6) is 0 Å². The molecule has 1 aliphatic carbocycles. The van der Waals surface area contributed by atoms with Gasteiger partial charge in [-0.2, -0.15) is 5.10 Å². The molecule has 7 heteroatoms. The Morgan fingerprint density at radius 2 is 2.27 bits per heavy atom. The van der Waals surface area contributed by atoms with Crippen molar-refractivity contribution < 1.29 is 9.21 Å². The molecule has 6 nitrogen and oxygen atoms in total. The van der Waals surface area contributed by atoms with E-state index in [2.05, 4.69) is 9.67 Å². The molecule has 3 aromatic rings. The molecule has 0 aromatic carbocycles. The predicted molar refractivity (Wildman–Crippen MR) is 97.9 cm³/mol. The highest BCUT2D eigenvalue weighted by atomic mass is 32.1. The fraction of sp³-hybridized carbons (Fsp3) is 0.421. The molecule has 0 N–H and O–H groups in total. The second kappa shape index (κ2) is 6.09. The van der Waals surface area contributed by atoms with E-state index in [4.69, 9.17) is 9.52 Å². The molecular formula is C19H20N4O2S. The third-order valence-electron chi connectivity index (χ3n) is 5.18. The number of hydrogen-bond acceptors (Lipinski definition) is 5. The van der Waals surface area contributed by atoms with Crippen LogP contribution in [0.3, 0.4) is 0 Å². The number of fused-ring (bicyclic) bond motifs is 1. The van der Waals surface area contributed by atoms with Crippen molar-refractivity contribution in [3.63, 3.8) is 0 Å². The number of oxazole rings is 1. The van der Waals surface area contributed by atoms with Gasteiger partial charge in [-0.3, -0.25) is 9.48 Å². The van der Waals surface area contributed by atoms with Crippen molar-refractivity contribution in [1.29, 1.82) is 0 Å². The molecule has 0 saturated heterocycles. The summed E-state index contributed by atoms with van der Waals surface area (Å²) in [5, 5.41) is 4.84. The van der Waals surface area contributed by atoms with E-state index in [0.29, 0.717) is 6.54 Å². The molecule has 2 aliphatic rings. The van der Waals surface area contributed by atoms with Crippen molar-refractivity contribution in [2.45, 2.75) is 39.3 Å². The molecular weight excluding hydrogens is 348 g/mol. The maximum absolute atomic E-state index is 12.9. The van der Waals surface area contributed by atoms with E-state index in [0.717, 1.165) is 52.1 Å². The summed E-state index contributed by atoms with van der Waals surface area (Å²) >= 11 is 1.56. The summed E-state index contributed by atoms with van der Waals surface area (Å²) in [5.74, 6) is 0.854. The van der Waals surface area contributed by atoms with Crippen LogP contribution in [-0.4, -0.2) is 32.1 Å². The van der Waals surface area contributed by atoms with Crippen LogP contribution in [0.2, 0.25) is 0 Å². The van der Waals surface area contributed by atoms with Crippen molar-refractivity contribution in [2.75, 3.05) is 6.54 Å². The van der Waals surface area contributed by atoms with Crippen LogP contribution in [0.1, 0.15) is 38.6 Å². The normalized spacial score (nSPS) is 16.7. The first-order chi connectivity index (χ1) is 12.7. The lowest BCUT2D eigenvalue weighted by molar-refractivity contribution is 0.0738. The van der Waals surface area contributed by atoms with Gasteiger partial charge in [0, 0.05) is 35.6 Å². The van der Waals surface area contributed by atoms with Gasteiger partial charge >= 0.3 is 0 Å². The number of rotatable bonds is 4. The lowest BCUT2D eigenvalue weighted by Crippen LogP contribution is -2.36. The highest BCUT2D eigenvalue weighted by Crippen LogP contribution is 2.35. The van der Waals surface area contributed by atoms with Crippen LogP contribution < -0.4 is 0 Å². The van der Waals surface area contributed by atoms with Gasteiger partial charge in [0.2, 0.25) is 0 Å². The molecule has 0 atom stereocenters. The van der Waals surface area contributed by atoms with Crippen LogP contribution >= 0.6 is 11.3 Å². The summed E-state index contributed by atoms with van der Waals surface area (Å²) in [6.45, 7) is 4.31. The van der Waals surface area contributed by atoms with E-state index < -0.39 is 0 Å². The van der Waals surface area contributed by atoms with Crippen molar-refractivity contribution in [3.05, 3.63) is 45.8 Å². The summed E-state index contributed by atoms with van der Waals surface area (Å²) in [6.07, 6.45) is 6.48. The number of hydrogen-bond donors (Lipinski definition) is 0. The first-order valence-electron chi connectivity index (χ1n) is 9.02. The Labute approximate surface area is 155 Å². The van der Waals surface area contributed by atoms with E-state index >= 15 is 0 Å². The van der Waals surface area contributed by atoms with Gasteiger partial charge in [0.25, 0.3) is 5.91 Å². The summed E-state index contributed by atoms with van der Waals surface area (Å²) in [7, 11) is 0. The predicted octanol–water partition coefficient (Wildman–Crippen LogP) is 3.52. The van der Waals surface area contributed by atoms with Crippen LogP contribution in [0.15, 0.2) is 29.2 Å². The molecule has 0 radical (unpaired) electrons. The zero-order valence-corrected chi connectivity index (χ0v) is 15.5. The van der Waals surface area contributed by atoms with Gasteiger partial charge in [-0.25, -0.2) is 4.98 Å². The standard InChI is InChI=1S/C19H20N4O2S/c1-12-2-5-17(26-12)19(24)22-7-6-16-14(9-22)18(15-10-25-11-20-15)21-23(16)8-13-3-4-13/h2,5,10-11,13H,3-4,6-9H2,1H3. The minimum atomic E-state index is 0.106. The van der Waals surface area contributed by atoms with Crippen molar-refractivity contribution in [3.8, 4) is 11.4 Å². The number of carbonyl (C=O) groups is 1. The van der Waals surface area contributed by atoms with Crippen LogP contribution in [0, 0.1) is 12.8 Å². The van der Waals surface area contributed by atoms with E-state index in [1.54, 1.807) is 17.6 Å². The molecule has 0 spiro atoms. The second-order valence-electron chi connectivity index (χ2n) is 7.16. The average molecular weight is 368 g/mol. The molecule has 0 bridgehead atoms. The van der Waals surface area contributed by atoms with Gasteiger partial charge < -0.3 is 9.32 Å². The van der Waals surface area contributed by atoms with Gasteiger partial charge in [0.05, 0.1) is 11.4 Å². The Kier molecular flexibility index (Phi) is 3.70. The van der Waals surface area contributed by atoms with Crippen LogP contribution in [0.4, 0.5) is 0 Å². The average Bonchev–Trinajstić information content (AvgIpc) is 3.03. The lowest BCUT2D eigenvalue weighted by Gasteiger charge is -2.27. The minimum absolute atomic E-state index is 0.106. The lowest BCUT2D eigenvalue weighted by atomic mass is 10.0. The molecule has 0 unspecified atom stereocenters. The van der Waals surface area contributed by atoms with Crippen molar-refractivity contribution in [2.24, 2.45) is 5.92 Å². The third kappa shape index (κ3) is 2.76. The second-order valence-corrected chi connectivity index (χ2v) is 8.45. The quantitative estimate of drug-likeness (QED) is 0.707. The maximum Gasteiger partial charge on any atom is 0.264 e. The van der Waals surface area contributed by atoms with E-state index in [-0.39, 0.29) is 5.91 Å². The monoisotopic (exact) mass is 368 g/mol. The topological polar surface area (TPSA) is 64.2 Å². The highest BCUT2D eigenvalue weighted by Gasteiger charge is 2.31. The van der Waals surface area contributed by atoms with E-state index in [1.165, 1.54) is 24.9 Å². The van der Waals surface area contributed by atoms with Crippen LogP contribution in [0.25, 0.3) is 11.4 Å². The molecule has 1 fully saturated rings. The Morgan fingerprint density at radius 3 is 2.96 bits per heavy atom. The molecule has 3 aromatic heterocycles. The third-order valence-corrected chi connectivity index (χ3v) is 6.16. The first-order valence-corrected chi connectivity index (χ1v) is 9.83. The summed E-state index contributed by atoms with van der Waals surface area (Å²) < 4.78 is 7.32. The zero-order valence-electron chi connectivity index (χ0n) is 14.6. The van der Waals surface area contributed by atoms with Gasteiger partial charge in [-0.05, 0) is 37.8 Å². The summed E-state index contributed by atoms with van der Waals surface area (Å²) in [5.41, 5.74) is 3.97. The van der Waals surface area contributed by atoms with Gasteiger partial charge in [0.1, 0.15) is 17.7 Å². The Balaban J connectivity index is 1.49. The van der Waals surface area contributed by atoms with E-state index in [1.807, 2.05) is 24.0 Å². The SMILES string of the molecule is Cc1ccc(C(=O)N2CCc3c(c(-c4cocn4)nn3CC3CC3)C2)s1. The number of carbonyl (C=O) groups excluding carboxylic acids is 1. The Morgan fingerprint density at radius 1 is 1.38 bits per heavy atom. The molecule has 1 amide bonds. The number of thiophene rings is 1. The van der Waals surface area contributed by atoms with E-state index in [9.17, 15) is 4.79 Å². The molecule has 4 heterocycles. The first kappa shape index (κ1) is 15.8. The number of aryl methyl sites for hydroxylation is 1. The zero-order chi connectivity index (χ0) is 17.7. The van der Waals surface area contributed by atoms with Crippen LogP contribution in [-0.2, 0) is 19.5 Å². The fourth-order valence-electron chi connectivity index (χ4n) is 3.60. The smallest absolute Gasteiger partial charge is 0.264 e. The number of nitrogens with zero attached hydrogens (tertiary/aromatic N) is 4. The van der Waals surface area contributed by atoms with Gasteiger partial charge in [-0.1, -0.05) is 0 Å². The molecule has 5 rings (SSSR count). The fourth-order valence-corrected chi connectivity index (χ4v) is 4.44. The Bertz CT molecular complexity index is 953.